The highest BCUT2D eigenvalue weighted by Gasteiger charge is 2.29. The summed E-state index contributed by atoms with van der Waals surface area (Å²) < 4.78 is 0. The Labute approximate surface area is 162 Å². The van der Waals surface area contributed by atoms with Gasteiger partial charge in [-0.1, -0.05) is 48.5 Å². The highest BCUT2D eigenvalue weighted by atomic mass is 16.3. The van der Waals surface area contributed by atoms with Gasteiger partial charge in [-0.05, 0) is 85.8 Å². The molecule has 2 N–H and O–H groups in total. The van der Waals surface area contributed by atoms with E-state index in [9.17, 15) is 10.2 Å². The maximum Gasteiger partial charge on any atom is 0.0821 e. The average Bonchev–Trinajstić information content (AvgIpc) is 2.74. The minimum atomic E-state index is -0.358. The van der Waals surface area contributed by atoms with Gasteiger partial charge in [0, 0.05) is 0 Å². The van der Waals surface area contributed by atoms with Crippen LogP contribution in [0.5, 0.6) is 0 Å². The summed E-state index contributed by atoms with van der Waals surface area (Å²) in [7, 11) is 0. The number of aliphatic hydroxyl groups is 2. The molecule has 27 heavy (non-hydrogen) atoms. The third-order valence-electron chi connectivity index (χ3n) is 6.61. The van der Waals surface area contributed by atoms with Gasteiger partial charge in [-0.2, -0.15) is 0 Å². The van der Waals surface area contributed by atoms with Gasteiger partial charge in [0.25, 0.3) is 0 Å². The van der Waals surface area contributed by atoms with Crippen molar-refractivity contribution >= 4 is 0 Å². The summed E-state index contributed by atoms with van der Waals surface area (Å²) in [6, 6.07) is 16.9. The third kappa shape index (κ3) is 4.26. The van der Waals surface area contributed by atoms with Crippen molar-refractivity contribution in [2.45, 2.75) is 50.7 Å². The molecule has 0 saturated carbocycles. The number of fused-ring (bicyclic) bond motifs is 1. The van der Waals surface area contributed by atoms with E-state index in [2.05, 4.69) is 41.3 Å². The van der Waals surface area contributed by atoms with Crippen molar-refractivity contribution in [2.24, 2.45) is 5.92 Å². The summed E-state index contributed by atoms with van der Waals surface area (Å²) in [5.41, 5.74) is 4.72. The number of rotatable bonds is 5. The molecule has 2 aromatic rings. The fourth-order valence-corrected chi connectivity index (χ4v) is 4.88. The normalized spacial score (nSPS) is 23.9. The number of piperidine rings is 1. The molecule has 3 nitrogen and oxygen atoms in total. The van der Waals surface area contributed by atoms with Crippen molar-refractivity contribution in [1.82, 2.24) is 4.90 Å². The van der Waals surface area contributed by atoms with Gasteiger partial charge in [0.15, 0.2) is 0 Å². The van der Waals surface area contributed by atoms with Crippen molar-refractivity contribution < 1.29 is 10.2 Å². The van der Waals surface area contributed by atoms with Crippen LogP contribution in [0.15, 0.2) is 48.5 Å². The molecule has 3 heteroatoms. The second-order valence-corrected chi connectivity index (χ2v) is 8.25. The molecule has 0 radical (unpaired) electrons. The molecule has 0 spiro atoms. The predicted molar refractivity (Wildman–Crippen MR) is 109 cm³/mol. The summed E-state index contributed by atoms with van der Waals surface area (Å²) in [6.07, 6.45) is 5.25. The number of hydrogen-bond donors (Lipinski definition) is 2. The standard InChI is InChI=1S/C24H31NO2/c26-17-18-6-9-23-22(16-18)8-7-21(24(23)27)12-15-25-13-10-20(11-14-25)19-4-2-1-3-5-19/h1-6,9,16,20-21,24,26-27H,7-8,10-15,17H2. The van der Waals surface area contributed by atoms with E-state index in [0.717, 1.165) is 36.9 Å². The molecule has 0 bridgehead atoms. The van der Waals surface area contributed by atoms with Gasteiger partial charge in [-0.15, -0.1) is 0 Å². The van der Waals surface area contributed by atoms with Crippen LogP contribution in [0.4, 0.5) is 0 Å². The lowest BCUT2D eigenvalue weighted by atomic mass is 9.79. The van der Waals surface area contributed by atoms with E-state index in [1.165, 1.54) is 37.1 Å². The number of hydrogen-bond acceptors (Lipinski definition) is 3. The van der Waals surface area contributed by atoms with Crippen molar-refractivity contribution in [2.75, 3.05) is 19.6 Å². The molecule has 1 aliphatic carbocycles. The molecule has 2 atom stereocenters. The minimum absolute atomic E-state index is 0.0751. The van der Waals surface area contributed by atoms with Crippen LogP contribution in [0.3, 0.4) is 0 Å². The average molecular weight is 366 g/mol. The quantitative estimate of drug-likeness (QED) is 0.840. The molecule has 144 valence electrons. The van der Waals surface area contributed by atoms with E-state index in [4.69, 9.17) is 0 Å². The van der Waals surface area contributed by atoms with Gasteiger partial charge >= 0.3 is 0 Å². The molecule has 4 rings (SSSR count). The van der Waals surface area contributed by atoms with E-state index < -0.39 is 0 Å². The number of aryl methyl sites for hydroxylation is 1. The molecule has 0 amide bonds. The molecule has 1 saturated heterocycles. The SMILES string of the molecule is OCc1ccc2c(c1)CCC(CCN1CCC(c3ccccc3)CC1)C2O. The van der Waals surface area contributed by atoms with E-state index in [0.29, 0.717) is 11.8 Å². The molecule has 0 aromatic heterocycles. The van der Waals surface area contributed by atoms with Gasteiger partial charge in [0.1, 0.15) is 0 Å². The zero-order valence-corrected chi connectivity index (χ0v) is 16.1. The first kappa shape index (κ1) is 18.7. The van der Waals surface area contributed by atoms with E-state index in [1.807, 2.05) is 12.1 Å². The van der Waals surface area contributed by atoms with Crippen LogP contribution in [0.2, 0.25) is 0 Å². The van der Waals surface area contributed by atoms with Gasteiger partial charge in [0.05, 0.1) is 12.7 Å². The minimum Gasteiger partial charge on any atom is -0.392 e. The van der Waals surface area contributed by atoms with Crippen LogP contribution in [-0.4, -0.2) is 34.7 Å². The second-order valence-electron chi connectivity index (χ2n) is 8.25. The topological polar surface area (TPSA) is 43.7 Å². The Balaban J connectivity index is 1.28. The fraction of sp³-hybridized carbons (Fsp3) is 0.500. The molecule has 2 aromatic carbocycles. The zero-order valence-electron chi connectivity index (χ0n) is 16.1. The number of benzene rings is 2. The van der Waals surface area contributed by atoms with Crippen LogP contribution in [0.1, 0.15) is 60.0 Å². The lowest BCUT2D eigenvalue weighted by Crippen LogP contribution is -2.35. The monoisotopic (exact) mass is 365 g/mol. The lowest BCUT2D eigenvalue weighted by Gasteiger charge is -2.35. The summed E-state index contributed by atoms with van der Waals surface area (Å²) in [5, 5.41) is 20.1. The Hall–Kier alpha value is -1.68. The molecular formula is C24H31NO2. The summed E-state index contributed by atoms with van der Waals surface area (Å²) >= 11 is 0. The van der Waals surface area contributed by atoms with Crippen LogP contribution < -0.4 is 0 Å². The van der Waals surface area contributed by atoms with Gasteiger partial charge in [0.2, 0.25) is 0 Å². The molecular weight excluding hydrogens is 334 g/mol. The molecule has 2 unspecified atom stereocenters. The molecule has 1 aliphatic heterocycles. The third-order valence-corrected chi connectivity index (χ3v) is 6.61. The predicted octanol–water partition coefficient (Wildman–Crippen LogP) is 4.04. The Morgan fingerprint density at radius 3 is 2.48 bits per heavy atom. The number of aliphatic hydroxyl groups excluding tert-OH is 2. The molecule has 1 fully saturated rings. The van der Waals surface area contributed by atoms with Crippen molar-refractivity contribution in [3.8, 4) is 0 Å². The fourth-order valence-electron chi connectivity index (χ4n) is 4.88. The Morgan fingerprint density at radius 2 is 1.74 bits per heavy atom. The smallest absolute Gasteiger partial charge is 0.0821 e. The van der Waals surface area contributed by atoms with Gasteiger partial charge < -0.3 is 15.1 Å². The van der Waals surface area contributed by atoms with Crippen LogP contribution in [0, 0.1) is 5.92 Å². The maximum absolute atomic E-state index is 10.8. The highest BCUT2D eigenvalue weighted by Crippen LogP contribution is 2.37. The Kier molecular flexibility index (Phi) is 5.92. The largest absolute Gasteiger partial charge is 0.392 e. The summed E-state index contributed by atoms with van der Waals surface area (Å²) in [6.45, 7) is 3.50. The van der Waals surface area contributed by atoms with E-state index in [-0.39, 0.29) is 12.7 Å². The van der Waals surface area contributed by atoms with E-state index >= 15 is 0 Å². The van der Waals surface area contributed by atoms with Crippen molar-refractivity contribution in [3.63, 3.8) is 0 Å². The van der Waals surface area contributed by atoms with Gasteiger partial charge in [-0.25, -0.2) is 0 Å². The first-order chi connectivity index (χ1) is 13.2. The van der Waals surface area contributed by atoms with Crippen LogP contribution in [-0.2, 0) is 13.0 Å². The summed E-state index contributed by atoms with van der Waals surface area (Å²) in [5.74, 6) is 1.06. The Bertz CT molecular complexity index is 737. The lowest BCUT2D eigenvalue weighted by molar-refractivity contribution is 0.0771. The van der Waals surface area contributed by atoms with Crippen LogP contribution >= 0.6 is 0 Å². The summed E-state index contributed by atoms with van der Waals surface area (Å²) in [4.78, 5) is 2.58. The second kappa shape index (κ2) is 8.55. The van der Waals surface area contributed by atoms with Crippen molar-refractivity contribution in [3.05, 3.63) is 70.8 Å². The highest BCUT2D eigenvalue weighted by molar-refractivity contribution is 5.35. The van der Waals surface area contributed by atoms with Crippen LogP contribution in [0.25, 0.3) is 0 Å². The number of likely N-dealkylation sites (tertiary alicyclic amines) is 1. The first-order valence-corrected chi connectivity index (χ1v) is 10.4. The Morgan fingerprint density at radius 1 is 0.963 bits per heavy atom. The maximum atomic E-state index is 10.8. The molecule has 1 heterocycles. The van der Waals surface area contributed by atoms with Gasteiger partial charge in [-0.3, -0.25) is 0 Å². The number of nitrogens with zero attached hydrogens (tertiary/aromatic N) is 1. The van der Waals surface area contributed by atoms with E-state index in [1.54, 1.807) is 0 Å². The zero-order chi connectivity index (χ0) is 18.6. The molecule has 2 aliphatic rings. The first-order valence-electron chi connectivity index (χ1n) is 10.4. The van der Waals surface area contributed by atoms with Crippen molar-refractivity contribution in [1.29, 1.82) is 0 Å².